The van der Waals surface area contributed by atoms with Crippen molar-refractivity contribution in [1.82, 2.24) is 0 Å². The van der Waals surface area contributed by atoms with E-state index in [0.29, 0.717) is 6.42 Å². The Morgan fingerprint density at radius 1 is 0.833 bits per heavy atom. The van der Waals surface area contributed by atoms with E-state index >= 15 is 0 Å². The molecule has 6 heteroatoms. The van der Waals surface area contributed by atoms with Gasteiger partial charge in [0.25, 0.3) is 0 Å². The molecule has 0 bridgehead atoms. The minimum absolute atomic E-state index is 0. The molecular weight excluding hydrogens is 272 g/mol. The van der Waals surface area contributed by atoms with Crippen LogP contribution in [0.15, 0.2) is 0 Å². The van der Waals surface area contributed by atoms with Crippen LogP contribution in [-0.2, 0) is 14.6 Å². The van der Waals surface area contributed by atoms with E-state index in [2.05, 4.69) is 11.1 Å². The van der Waals surface area contributed by atoms with Crippen LogP contribution in [0.2, 0.25) is 0 Å². The van der Waals surface area contributed by atoms with Crippen molar-refractivity contribution in [2.45, 2.75) is 71.1 Å². The molecule has 0 heterocycles. The van der Waals surface area contributed by atoms with Gasteiger partial charge in [-0.1, -0.05) is 64.7 Å². The maximum absolute atomic E-state index is 10.2. The Hall–Kier alpha value is 0.220. The van der Waals surface area contributed by atoms with Crippen molar-refractivity contribution < 1.29 is 17.2 Å². The fourth-order valence-corrected chi connectivity index (χ4v) is 2.08. The van der Waals surface area contributed by atoms with E-state index in [1.807, 2.05) is 0 Å². The van der Waals surface area contributed by atoms with Gasteiger partial charge in [-0.3, -0.25) is 4.55 Å². The molecule has 0 aliphatic rings. The average molecular weight is 300 g/mol. The first kappa shape index (κ1) is 20.5. The van der Waals surface area contributed by atoms with E-state index < -0.39 is 10.4 Å². The van der Waals surface area contributed by atoms with Crippen molar-refractivity contribution in [2.24, 2.45) is 0 Å². The Morgan fingerprint density at radius 3 is 1.61 bits per heavy atom. The lowest BCUT2D eigenvalue weighted by Gasteiger charge is -2.02. The smallest absolute Gasteiger partial charge is 0.264 e. The van der Waals surface area contributed by atoms with E-state index in [9.17, 15) is 8.42 Å². The van der Waals surface area contributed by atoms with E-state index in [-0.39, 0.29) is 20.1 Å². The van der Waals surface area contributed by atoms with E-state index in [1.54, 1.807) is 0 Å². The molecule has 0 aromatic heterocycles. The second kappa shape index (κ2) is 13.6. The van der Waals surface area contributed by atoms with Crippen LogP contribution in [0.5, 0.6) is 0 Å². The highest BCUT2D eigenvalue weighted by Crippen LogP contribution is 2.10. The van der Waals surface area contributed by atoms with Crippen LogP contribution < -0.4 is 0 Å². The quantitative estimate of drug-likeness (QED) is 0.439. The summed E-state index contributed by atoms with van der Waals surface area (Å²) in [6.07, 6.45) is 11.9. The first-order valence-electron chi connectivity index (χ1n) is 6.68. The average Bonchev–Trinajstić information content (AvgIpc) is 2.24. The number of hydrogen-bond donors (Lipinski definition) is 1. The first-order chi connectivity index (χ1) is 8.06. The lowest BCUT2D eigenvalue weighted by molar-refractivity contribution is 0.261. The SMILES string of the molecule is CCCCCCCCCCCCOS(=O)(=O)O.S. The molecular formula is C12H28O4S2. The van der Waals surface area contributed by atoms with Crippen LogP contribution in [0.3, 0.4) is 0 Å². The predicted molar refractivity (Wildman–Crippen MR) is 79.7 cm³/mol. The third-order valence-electron chi connectivity index (χ3n) is 2.73. The maximum atomic E-state index is 10.2. The minimum atomic E-state index is -4.23. The fourth-order valence-electron chi connectivity index (χ4n) is 1.75. The highest BCUT2D eigenvalue weighted by Gasteiger charge is 2.02. The lowest BCUT2D eigenvalue weighted by Crippen LogP contribution is -2.04. The molecule has 0 radical (unpaired) electrons. The number of unbranched alkanes of at least 4 members (excludes halogenated alkanes) is 9. The van der Waals surface area contributed by atoms with Gasteiger partial charge in [-0.25, -0.2) is 4.18 Å². The summed E-state index contributed by atoms with van der Waals surface area (Å²) in [4.78, 5) is 0. The minimum Gasteiger partial charge on any atom is -0.264 e. The van der Waals surface area contributed by atoms with Gasteiger partial charge in [-0.2, -0.15) is 21.9 Å². The molecule has 0 unspecified atom stereocenters. The molecule has 0 atom stereocenters. The molecule has 0 aromatic carbocycles. The predicted octanol–water partition coefficient (Wildman–Crippen LogP) is 3.84. The zero-order valence-corrected chi connectivity index (χ0v) is 13.2. The third kappa shape index (κ3) is 18.6. The van der Waals surface area contributed by atoms with Crippen LogP contribution in [0.25, 0.3) is 0 Å². The fraction of sp³-hybridized carbons (Fsp3) is 1.00. The molecule has 0 saturated carbocycles. The lowest BCUT2D eigenvalue weighted by atomic mass is 10.1. The monoisotopic (exact) mass is 300 g/mol. The summed E-state index contributed by atoms with van der Waals surface area (Å²) in [5.74, 6) is 0. The molecule has 0 amide bonds. The number of rotatable bonds is 12. The van der Waals surface area contributed by atoms with Gasteiger partial charge in [0.15, 0.2) is 0 Å². The maximum Gasteiger partial charge on any atom is 0.397 e. The molecule has 1 N–H and O–H groups in total. The van der Waals surface area contributed by atoms with Gasteiger partial charge in [0.2, 0.25) is 0 Å². The molecule has 0 rings (SSSR count). The first-order valence-corrected chi connectivity index (χ1v) is 8.04. The topological polar surface area (TPSA) is 63.6 Å². The largest absolute Gasteiger partial charge is 0.397 e. The number of hydrogen-bond acceptors (Lipinski definition) is 3. The molecule has 0 aliphatic heterocycles. The Morgan fingerprint density at radius 2 is 1.22 bits per heavy atom. The second-order valence-electron chi connectivity index (χ2n) is 4.43. The molecule has 0 aromatic rings. The van der Waals surface area contributed by atoms with E-state index in [4.69, 9.17) is 4.55 Å². The zero-order valence-electron chi connectivity index (χ0n) is 11.4. The Labute approximate surface area is 119 Å². The van der Waals surface area contributed by atoms with E-state index in [0.717, 1.165) is 12.8 Å². The molecule has 0 spiro atoms. The summed E-state index contributed by atoms with van der Waals surface area (Å²) in [7, 11) is -4.23. The van der Waals surface area contributed by atoms with E-state index in [1.165, 1.54) is 44.9 Å². The summed E-state index contributed by atoms with van der Waals surface area (Å²) in [5.41, 5.74) is 0. The van der Waals surface area contributed by atoms with Crippen molar-refractivity contribution in [1.29, 1.82) is 0 Å². The Kier molecular flexibility index (Phi) is 15.6. The van der Waals surface area contributed by atoms with Gasteiger partial charge < -0.3 is 0 Å². The zero-order chi connectivity index (χ0) is 13.0. The summed E-state index contributed by atoms with van der Waals surface area (Å²) in [6.45, 7) is 2.31. The van der Waals surface area contributed by atoms with Gasteiger partial charge in [-0.05, 0) is 6.42 Å². The van der Waals surface area contributed by atoms with Crippen LogP contribution in [-0.4, -0.2) is 19.6 Å². The van der Waals surface area contributed by atoms with Crippen molar-refractivity contribution in [3.8, 4) is 0 Å². The molecule has 18 heavy (non-hydrogen) atoms. The van der Waals surface area contributed by atoms with Gasteiger partial charge in [-0.15, -0.1) is 0 Å². The van der Waals surface area contributed by atoms with Crippen molar-refractivity contribution in [2.75, 3.05) is 6.61 Å². The van der Waals surface area contributed by atoms with Crippen molar-refractivity contribution in [3.63, 3.8) is 0 Å². The normalized spacial score (nSPS) is 11.2. The molecule has 0 aliphatic carbocycles. The van der Waals surface area contributed by atoms with Crippen LogP contribution >= 0.6 is 13.5 Å². The second-order valence-corrected chi connectivity index (χ2v) is 5.52. The summed E-state index contributed by atoms with van der Waals surface area (Å²) < 4.78 is 33.0. The van der Waals surface area contributed by atoms with Crippen molar-refractivity contribution >= 4 is 23.9 Å². The van der Waals surface area contributed by atoms with Gasteiger partial charge in [0.1, 0.15) is 0 Å². The molecule has 112 valence electrons. The van der Waals surface area contributed by atoms with Crippen LogP contribution in [0.1, 0.15) is 71.1 Å². The van der Waals surface area contributed by atoms with Crippen LogP contribution in [0, 0.1) is 0 Å². The third-order valence-corrected chi connectivity index (χ3v) is 3.19. The Bertz CT molecular complexity index is 253. The van der Waals surface area contributed by atoms with Gasteiger partial charge in [0.05, 0.1) is 6.61 Å². The Balaban J connectivity index is 0. The summed E-state index contributed by atoms with van der Waals surface area (Å²) in [5, 5.41) is 0. The highest BCUT2D eigenvalue weighted by atomic mass is 32.3. The molecule has 4 nitrogen and oxygen atoms in total. The molecule has 0 fully saturated rings. The van der Waals surface area contributed by atoms with Crippen LogP contribution in [0.4, 0.5) is 0 Å². The highest BCUT2D eigenvalue weighted by molar-refractivity contribution is 7.80. The molecule has 0 saturated heterocycles. The van der Waals surface area contributed by atoms with Gasteiger partial charge in [0, 0.05) is 0 Å². The standard InChI is InChI=1S/C12H26O4S.H2S/c1-2-3-4-5-6-7-8-9-10-11-12-16-17(13,14)15;/h2-12H2,1H3,(H,13,14,15);1H2. The summed E-state index contributed by atoms with van der Waals surface area (Å²) >= 11 is 0. The van der Waals surface area contributed by atoms with Gasteiger partial charge >= 0.3 is 10.4 Å². The summed E-state index contributed by atoms with van der Waals surface area (Å²) in [6, 6.07) is 0. The van der Waals surface area contributed by atoms with Crippen molar-refractivity contribution in [3.05, 3.63) is 0 Å².